The molecule has 0 fully saturated rings. The summed E-state index contributed by atoms with van der Waals surface area (Å²) in [6.07, 6.45) is 4.42. The van der Waals surface area contributed by atoms with Crippen LogP contribution in [-0.2, 0) is 0 Å². The highest BCUT2D eigenvalue weighted by atomic mass is 16.6. The number of hydrogen-bond acceptors (Lipinski definition) is 5. The Bertz CT molecular complexity index is 638. The SMILES string of the molecule is O=C(NN=Cc1ccc([N+](=O)[O-])cc1)c1ccncc1. The van der Waals surface area contributed by atoms with Gasteiger partial charge in [-0.2, -0.15) is 5.10 Å². The quantitative estimate of drug-likeness (QED) is 0.520. The summed E-state index contributed by atoms with van der Waals surface area (Å²) >= 11 is 0. The minimum absolute atomic E-state index is 0.00275. The summed E-state index contributed by atoms with van der Waals surface area (Å²) in [5, 5.41) is 14.3. The molecule has 1 N–H and O–H groups in total. The number of nitrogens with one attached hydrogen (secondary N) is 1. The van der Waals surface area contributed by atoms with E-state index < -0.39 is 4.92 Å². The van der Waals surface area contributed by atoms with Crippen LogP contribution in [-0.4, -0.2) is 22.0 Å². The average Bonchev–Trinajstić information content (AvgIpc) is 2.48. The van der Waals surface area contributed by atoms with Crippen LogP contribution in [0.4, 0.5) is 5.69 Å². The van der Waals surface area contributed by atoms with Gasteiger partial charge >= 0.3 is 0 Å². The van der Waals surface area contributed by atoms with Gasteiger partial charge in [0.05, 0.1) is 11.1 Å². The molecule has 2 rings (SSSR count). The third-order valence-corrected chi connectivity index (χ3v) is 2.43. The second-order valence-electron chi connectivity index (χ2n) is 3.78. The molecule has 100 valence electrons. The zero-order chi connectivity index (χ0) is 14.4. The molecule has 1 amide bonds. The van der Waals surface area contributed by atoms with Crippen LogP contribution in [0.15, 0.2) is 53.9 Å². The first kappa shape index (κ1) is 13.3. The average molecular weight is 270 g/mol. The second kappa shape index (κ2) is 6.19. The topological polar surface area (TPSA) is 97.5 Å². The number of nitro groups is 1. The number of non-ortho nitro benzene ring substituents is 1. The fourth-order valence-corrected chi connectivity index (χ4v) is 1.42. The van der Waals surface area contributed by atoms with Crippen LogP contribution in [0.25, 0.3) is 0 Å². The summed E-state index contributed by atoms with van der Waals surface area (Å²) in [6, 6.07) is 8.95. The van der Waals surface area contributed by atoms with E-state index in [9.17, 15) is 14.9 Å². The lowest BCUT2D eigenvalue weighted by Crippen LogP contribution is -2.17. The normalized spacial score (nSPS) is 10.4. The Morgan fingerprint density at radius 3 is 2.45 bits per heavy atom. The van der Waals surface area contributed by atoms with Gasteiger partial charge in [0.15, 0.2) is 0 Å². The van der Waals surface area contributed by atoms with Gasteiger partial charge in [0, 0.05) is 30.1 Å². The van der Waals surface area contributed by atoms with Gasteiger partial charge in [-0.1, -0.05) is 0 Å². The van der Waals surface area contributed by atoms with Crippen molar-refractivity contribution in [1.82, 2.24) is 10.4 Å². The number of rotatable bonds is 4. The molecule has 0 atom stereocenters. The highest BCUT2D eigenvalue weighted by molar-refractivity contribution is 5.94. The van der Waals surface area contributed by atoms with Gasteiger partial charge in [-0.3, -0.25) is 19.9 Å². The lowest BCUT2D eigenvalue weighted by molar-refractivity contribution is -0.384. The van der Waals surface area contributed by atoms with E-state index in [4.69, 9.17) is 0 Å². The fraction of sp³-hybridized carbons (Fsp3) is 0. The van der Waals surface area contributed by atoms with E-state index in [2.05, 4.69) is 15.5 Å². The molecule has 0 radical (unpaired) electrons. The molecule has 2 aromatic rings. The summed E-state index contributed by atoms with van der Waals surface area (Å²) < 4.78 is 0. The molecule has 0 saturated heterocycles. The largest absolute Gasteiger partial charge is 0.271 e. The van der Waals surface area contributed by atoms with Gasteiger partial charge in [-0.15, -0.1) is 0 Å². The van der Waals surface area contributed by atoms with Gasteiger partial charge < -0.3 is 0 Å². The van der Waals surface area contributed by atoms with E-state index in [1.807, 2.05) is 0 Å². The minimum Gasteiger partial charge on any atom is -0.267 e. The molecular weight excluding hydrogens is 260 g/mol. The van der Waals surface area contributed by atoms with Crippen LogP contribution in [0.1, 0.15) is 15.9 Å². The smallest absolute Gasteiger partial charge is 0.267 e. The standard InChI is InChI=1S/C13H10N4O3/c18-13(11-5-7-14-8-6-11)16-15-9-10-1-3-12(4-2-10)17(19)20/h1-9H,(H,16,18). The first-order valence-corrected chi connectivity index (χ1v) is 5.65. The molecule has 1 aromatic heterocycles. The Labute approximate surface area is 114 Å². The molecule has 0 bridgehead atoms. The van der Waals surface area contributed by atoms with Gasteiger partial charge in [0.25, 0.3) is 11.6 Å². The third kappa shape index (κ3) is 3.45. The van der Waals surface area contributed by atoms with Gasteiger partial charge in [0.1, 0.15) is 0 Å². The molecule has 1 aromatic carbocycles. The fourth-order valence-electron chi connectivity index (χ4n) is 1.42. The number of carbonyl (C=O) groups is 1. The highest BCUT2D eigenvalue weighted by Crippen LogP contribution is 2.10. The molecular formula is C13H10N4O3. The number of nitro benzene ring substituents is 1. The lowest BCUT2D eigenvalue weighted by atomic mass is 10.2. The Hall–Kier alpha value is -3.09. The van der Waals surface area contributed by atoms with E-state index in [1.165, 1.54) is 30.7 Å². The number of aromatic nitrogens is 1. The summed E-state index contributed by atoms with van der Waals surface area (Å²) in [5.41, 5.74) is 3.45. The van der Waals surface area contributed by atoms with Crippen LogP contribution in [0, 0.1) is 10.1 Å². The number of amides is 1. The van der Waals surface area contributed by atoms with Crippen LogP contribution >= 0.6 is 0 Å². The molecule has 0 spiro atoms. The van der Waals surface area contributed by atoms with Crippen molar-refractivity contribution in [3.8, 4) is 0 Å². The van der Waals surface area contributed by atoms with Crippen molar-refractivity contribution < 1.29 is 9.72 Å². The van der Waals surface area contributed by atoms with Gasteiger partial charge in [-0.25, -0.2) is 5.43 Å². The molecule has 7 nitrogen and oxygen atoms in total. The second-order valence-corrected chi connectivity index (χ2v) is 3.78. The van der Waals surface area contributed by atoms with Crippen molar-refractivity contribution in [3.63, 3.8) is 0 Å². The first-order chi connectivity index (χ1) is 9.66. The molecule has 0 aliphatic carbocycles. The minimum atomic E-state index is -0.480. The summed E-state index contributed by atoms with van der Waals surface area (Å²) in [5.74, 6) is -0.356. The van der Waals surface area contributed by atoms with Crippen molar-refractivity contribution in [2.24, 2.45) is 5.10 Å². The molecule has 1 heterocycles. The third-order valence-electron chi connectivity index (χ3n) is 2.43. The van der Waals surface area contributed by atoms with Crippen molar-refractivity contribution in [1.29, 1.82) is 0 Å². The lowest BCUT2D eigenvalue weighted by Gasteiger charge is -1.98. The number of nitrogens with zero attached hydrogens (tertiary/aromatic N) is 3. The van der Waals surface area contributed by atoms with Gasteiger partial charge in [-0.05, 0) is 29.8 Å². The monoisotopic (exact) mass is 270 g/mol. The maximum absolute atomic E-state index is 11.6. The molecule has 0 aliphatic rings. The van der Waals surface area contributed by atoms with Gasteiger partial charge in [0.2, 0.25) is 0 Å². The molecule has 0 saturated carbocycles. The predicted octanol–water partition coefficient (Wildman–Crippen LogP) is 1.75. The van der Waals surface area contributed by atoms with E-state index in [0.29, 0.717) is 11.1 Å². The first-order valence-electron chi connectivity index (χ1n) is 5.65. The summed E-state index contributed by atoms with van der Waals surface area (Å²) in [4.78, 5) is 25.4. The zero-order valence-electron chi connectivity index (χ0n) is 10.3. The Morgan fingerprint density at radius 2 is 1.85 bits per heavy atom. The van der Waals surface area contributed by atoms with E-state index in [1.54, 1.807) is 24.3 Å². The Balaban J connectivity index is 1.96. The van der Waals surface area contributed by atoms with Crippen molar-refractivity contribution >= 4 is 17.8 Å². The van der Waals surface area contributed by atoms with Crippen molar-refractivity contribution in [2.75, 3.05) is 0 Å². The molecule has 0 unspecified atom stereocenters. The number of pyridine rings is 1. The van der Waals surface area contributed by atoms with Crippen LogP contribution in [0.3, 0.4) is 0 Å². The molecule has 20 heavy (non-hydrogen) atoms. The van der Waals surface area contributed by atoms with Crippen LogP contribution < -0.4 is 5.43 Å². The maximum atomic E-state index is 11.6. The number of hydrogen-bond donors (Lipinski definition) is 1. The van der Waals surface area contributed by atoms with E-state index in [0.717, 1.165) is 0 Å². The Kier molecular flexibility index (Phi) is 4.13. The Morgan fingerprint density at radius 1 is 1.20 bits per heavy atom. The number of hydrazone groups is 1. The van der Waals surface area contributed by atoms with Crippen LogP contribution in [0.5, 0.6) is 0 Å². The highest BCUT2D eigenvalue weighted by Gasteiger charge is 2.03. The predicted molar refractivity (Wildman–Crippen MR) is 72.4 cm³/mol. The summed E-state index contributed by atoms with van der Waals surface area (Å²) in [7, 11) is 0. The van der Waals surface area contributed by atoms with Crippen LogP contribution in [0.2, 0.25) is 0 Å². The number of benzene rings is 1. The van der Waals surface area contributed by atoms with E-state index >= 15 is 0 Å². The van der Waals surface area contributed by atoms with Crippen molar-refractivity contribution in [3.05, 3.63) is 70.0 Å². The summed E-state index contributed by atoms with van der Waals surface area (Å²) in [6.45, 7) is 0. The zero-order valence-corrected chi connectivity index (χ0v) is 10.3. The van der Waals surface area contributed by atoms with E-state index in [-0.39, 0.29) is 11.6 Å². The maximum Gasteiger partial charge on any atom is 0.271 e. The number of carbonyl (C=O) groups excluding carboxylic acids is 1. The molecule has 0 aliphatic heterocycles. The molecule has 7 heteroatoms. The van der Waals surface area contributed by atoms with Crippen molar-refractivity contribution in [2.45, 2.75) is 0 Å².